The normalized spacial score (nSPS) is 16.0. The van der Waals surface area contributed by atoms with Gasteiger partial charge in [0.1, 0.15) is 5.82 Å². The summed E-state index contributed by atoms with van der Waals surface area (Å²) in [4.78, 5) is 12.0. The Kier molecular flexibility index (Phi) is 8.32. The number of piperazine rings is 1. The van der Waals surface area contributed by atoms with Crippen LogP contribution in [0.3, 0.4) is 0 Å². The molecule has 0 aromatic heterocycles. The molecule has 2 rings (SSSR count). The average molecular weight is 354 g/mol. The Morgan fingerprint density at radius 1 is 1.41 bits per heavy atom. The highest BCUT2D eigenvalue weighted by molar-refractivity contribution is 5.85. The van der Waals surface area contributed by atoms with E-state index in [9.17, 15) is 19.6 Å². The second-order valence-electron chi connectivity index (χ2n) is 4.59. The first kappa shape index (κ1) is 20.6. The van der Waals surface area contributed by atoms with Crippen LogP contribution in [0.25, 0.3) is 0 Å². The largest absolute Gasteiger partial charge is 0.502 e. The summed E-state index contributed by atoms with van der Waals surface area (Å²) in [6.45, 7) is 6.61. The Morgan fingerprint density at radius 2 is 2.00 bits per heavy atom. The third-order valence-corrected chi connectivity index (χ3v) is 3.37. The van der Waals surface area contributed by atoms with Gasteiger partial charge < -0.3 is 10.4 Å². The van der Waals surface area contributed by atoms with Crippen LogP contribution in [0.4, 0.5) is 10.1 Å². The molecule has 1 atom stereocenters. The van der Waals surface area contributed by atoms with Crippen LogP contribution < -0.4 is 5.32 Å². The maximum absolute atomic E-state index is 13.6. The van der Waals surface area contributed by atoms with Crippen molar-refractivity contribution >= 4 is 30.5 Å². The van der Waals surface area contributed by atoms with Gasteiger partial charge in [-0.1, -0.05) is 6.08 Å². The average Bonchev–Trinajstić information content (AvgIpc) is 2.44. The molecular formula is C13H18Cl2FN3O3. The van der Waals surface area contributed by atoms with Crippen LogP contribution >= 0.6 is 24.8 Å². The van der Waals surface area contributed by atoms with Crippen molar-refractivity contribution in [3.63, 3.8) is 0 Å². The summed E-state index contributed by atoms with van der Waals surface area (Å²) in [5.74, 6) is -1.24. The van der Waals surface area contributed by atoms with E-state index in [0.29, 0.717) is 13.1 Å². The summed E-state index contributed by atoms with van der Waals surface area (Å²) < 4.78 is 13.6. The molecule has 1 aliphatic heterocycles. The Hall–Kier alpha value is -1.41. The molecule has 0 saturated carbocycles. The van der Waals surface area contributed by atoms with E-state index in [1.54, 1.807) is 6.08 Å². The number of rotatable bonds is 4. The van der Waals surface area contributed by atoms with Gasteiger partial charge in [-0.2, -0.15) is 0 Å². The Labute approximate surface area is 140 Å². The van der Waals surface area contributed by atoms with Crippen LogP contribution in [0.15, 0.2) is 24.8 Å². The molecule has 0 amide bonds. The third kappa shape index (κ3) is 4.30. The predicted octanol–water partition coefficient (Wildman–Crippen LogP) is 2.42. The second-order valence-corrected chi connectivity index (χ2v) is 4.59. The number of nitro groups is 1. The van der Waals surface area contributed by atoms with Gasteiger partial charge in [-0.05, 0) is 6.07 Å². The van der Waals surface area contributed by atoms with Crippen LogP contribution in [0.2, 0.25) is 0 Å². The first-order valence-electron chi connectivity index (χ1n) is 6.28. The molecule has 0 aliphatic carbocycles. The molecule has 0 radical (unpaired) electrons. The van der Waals surface area contributed by atoms with Gasteiger partial charge in [0.15, 0.2) is 5.75 Å². The quantitative estimate of drug-likeness (QED) is 0.493. The smallest absolute Gasteiger partial charge is 0.313 e. The molecule has 0 bridgehead atoms. The first-order chi connectivity index (χ1) is 9.54. The molecule has 1 aliphatic rings. The Bertz CT molecular complexity index is 540. The van der Waals surface area contributed by atoms with Gasteiger partial charge in [-0.25, -0.2) is 4.39 Å². The van der Waals surface area contributed by atoms with Crippen LogP contribution in [0.5, 0.6) is 5.75 Å². The fourth-order valence-corrected chi connectivity index (χ4v) is 2.40. The van der Waals surface area contributed by atoms with E-state index in [1.807, 2.05) is 4.90 Å². The topological polar surface area (TPSA) is 78.6 Å². The number of nitro benzene ring substituents is 1. The minimum Gasteiger partial charge on any atom is -0.502 e. The summed E-state index contributed by atoms with van der Waals surface area (Å²) in [6, 6.07) is 1.39. The highest BCUT2D eigenvalue weighted by Crippen LogP contribution is 2.37. The molecule has 22 heavy (non-hydrogen) atoms. The van der Waals surface area contributed by atoms with E-state index < -0.39 is 28.2 Å². The molecule has 9 heteroatoms. The molecule has 6 nitrogen and oxygen atoms in total. The molecule has 1 heterocycles. The molecule has 1 aromatic rings. The number of benzene rings is 1. The zero-order chi connectivity index (χ0) is 14.7. The number of hydrogen-bond acceptors (Lipinski definition) is 5. The Balaban J connectivity index is 0.00000220. The van der Waals surface area contributed by atoms with E-state index in [4.69, 9.17) is 0 Å². The lowest BCUT2D eigenvalue weighted by atomic mass is 10.0. The molecule has 124 valence electrons. The van der Waals surface area contributed by atoms with Gasteiger partial charge in [0.05, 0.1) is 17.0 Å². The molecule has 2 N–H and O–H groups in total. The molecule has 1 aromatic carbocycles. The van der Waals surface area contributed by atoms with Crippen molar-refractivity contribution in [2.45, 2.75) is 6.04 Å². The van der Waals surface area contributed by atoms with Crippen molar-refractivity contribution in [3.05, 3.63) is 46.3 Å². The number of aromatic hydroxyl groups is 1. The van der Waals surface area contributed by atoms with Crippen molar-refractivity contribution in [2.75, 3.05) is 26.2 Å². The summed E-state index contributed by atoms with van der Waals surface area (Å²) >= 11 is 0. The van der Waals surface area contributed by atoms with Crippen LogP contribution in [-0.2, 0) is 0 Å². The van der Waals surface area contributed by atoms with Gasteiger partial charge >= 0.3 is 5.69 Å². The molecule has 0 spiro atoms. The van der Waals surface area contributed by atoms with Crippen LogP contribution in [0, 0.1) is 15.9 Å². The molecule has 1 saturated heterocycles. The van der Waals surface area contributed by atoms with Gasteiger partial charge in [0.25, 0.3) is 0 Å². The van der Waals surface area contributed by atoms with Crippen molar-refractivity contribution < 1.29 is 14.4 Å². The van der Waals surface area contributed by atoms with Crippen molar-refractivity contribution in [1.82, 2.24) is 10.2 Å². The maximum Gasteiger partial charge on any atom is 0.313 e. The van der Waals surface area contributed by atoms with Gasteiger partial charge in [0, 0.05) is 31.7 Å². The zero-order valence-electron chi connectivity index (χ0n) is 11.7. The standard InChI is InChI=1S/C13H16FN3O3.2ClH/c1-2-11(16-5-3-15-4-6-16)10-7-9(14)8-12(13(10)18)17(19)20;;/h2,7-8,11,15,18H,1,3-6H2;2*1H/t11-;;/m0../s1. The van der Waals surface area contributed by atoms with Crippen molar-refractivity contribution in [2.24, 2.45) is 0 Å². The zero-order valence-corrected chi connectivity index (χ0v) is 13.3. The highest BCUT2D eigenvalue weighted by Gasteiger charge is 2.27. The van der Waals surface area contributed by atoms with Gasteiger partial charge in [0.2, 0.25) is 0 Å². The van der Waals surface area contributed by atoms with E-state index in [-0.39, 0.29) is 30.4 Å². The minimum atomic E-state index is -0.792. The number of phenolic OH excluding ortho intramolecular Hbond substituents is 1. The molecular weight excluding hydrogens is 336 g/mol. The van der Waals surface area contributed by atoms with Crippen LogP contribution in [0.1, 0.15) is 11.6 Å². The van der Waals surface area contributed by atoms with Gasteiger partial charge in [-0.15, -0.1) is 31.4 Å². The highest BCUT2D eigenvalue weighted by atomic mass is 35.5. The van der Waals surface area contributed by atoms with Crippen molar-refractivity contribution in [1.29, 1.82) is 0 Å². The van der Waals surface area contributed by atoms with E-state index in [0.717, 1.165) is 25.2 Å². The first-order valence-corrected chi connectivity index (χ1v) is 6.28. The third-order valence-electron chi connectivity index (χ3n) is 3.37. The number of hydrogen-bond donors (Lipinski definition) is 2. The summed E-state index contributed by atoms with van der Waals surface area (Å²) in [6.07, 6.45) is 1.56. The summed E-state index contributed by atoms with van der Waals surface area (Å²) in [5.41, 5.74) is -0.449. The SMILES string of the molecule is C=C[C@@H](c1cc(F)cc([N+](=O)[O-])c1O)N1CCNCC1.Cl.Cl. The van der Waals surface area contributed by atoms with E-state index in [2.05, 4.69) is 11.9 Å². The lowest BCUT2D eigenvalue weighted by Crippen LogP contribution is -2.44. The number of phenols is 1. The fourth-order valence-electron chi connectivity index (χ4n) is 2.40. The summed E-state index contributed by atoms with van der Waals surface area (Å²) in [5, 5.41) is 24.0. The minimum absolute atomic E-state index is 0. The predicted molar refractivity (Wildman–Crippen MR) is 86.6 cm³/mol. The second kappa shape index (κ2) is 8.89. The monoisotopic (exact) mass is 353 g/mol. The van der Waals surface area contributed by atoms with E-state index in [1.165, 1.54) is 0 Å². The maximum atomic E-state index is 13.6. The number of nitrogens with one attached hydrogen (secondary N) is 1. The Morgan fingerprint density at radius 3 is 2.50 bits per heavy atom. The van der Waals surface area contributed by atoms with E-state index >= 15 is 0 Å². The van der Waals surface area contributed by atoms with Crippen LogP contribution in [-0.4, -0.2) is 41.1 Å². The summed E-state index contributed by atoms with van der Waals surface area (Å²) in [7, 11) is 0. The molecule has 1 fully saturated rings. The fraction of sp³-hybridized carbons (Fsp3) is 0.385. The number of halogens is 3. The van der Waals surface area contributed by atoms with Gasteiger partial charge in [-0.3, -0.25) is 15.0 Å². The lowest BCUT2D eigenvalue weighted by Gasteiger charge is -2.33. The molecule has 0 unspecified atom stereocenters. The van der Waals surface area contributed by atoms with Crippen molar-refractivity contribution in [3.8, 4) is 5.75 Å². The number of nitrogens with zero attached hydrogens (tertiary/aromatic N) is 2. The lowest BCUT2D eigenvalue weighted by molar-refractivity contribution is -0.386.